The van der Waals surface area contributed by atoms with Crippen LogP contribution in [0.2, 0.25) is 0 Å². The van der Waals surface area contributed by atoms with Crippen LogP contribution in [-0.4, -0.2) is 35.0 Å². The number of hydrogen-bond donors (Lipinski definition) is 1. The van der Waals surface area contributed by atoms with Crippen LogP contribution in [-0.2, 0) is 9.59 Å². The lowest BCUT2D eigenvalue weighted by Crippen LogP contribution is -2.39. The largest absolute Gasteiger partial charge is 0.481 e. The minimum Gasteiger partial charge on any atom is -0.481 e. The fourth-order valence-electron chi connectivity index (χ4n) is 3.54. The molecule has 0 unspecified atom stereocenters. The molecule has 1 N–H and O–H groups in total. The Hall–Kier alpha value is -2.67. The number of hydrogen-bond acceptors (Lipinski definition) is 3. The molecule has 1 saturated heterocycles. The van der Waals surface area contributed by atoms with E-state index in [1.54, 1.807) is 0 Å². The van der Waals surface area contributed by atoms with E-state index in [-0.39, 0.29) is 22.3 Å². The van der Waals surface area contributed by atoms with E-state index in [0.717, 1.165) is 10.5 Å². The van der Waals surface area contributed by atoms with Gasteiger partial charge in [0.25, 0.3) is 0 Å². The van der Waals surface area contributed by atoms with Crippen molar-refractivity contribution in [3.05, 3.63) is 65.2 Å². The van der Waals surface area contributed by atoms with Gasteiger partial charge in [-0.1, -0.05) is 49.9 Å². The summed E-state index contributed by atoms with van der Waals surface area (Å²) in [5.74, 6) is -3.32. The Kier molecular flexibility index (Phi) is 7.49. The Morgan fingerprint density at radius 3 is 2.39 bits per heavy atom. The molecule has 0 spiro atoms. The van der Waals surface area contributed by atoms with Gasteiger partial charge in [0.2, 0.25) is 5.91 Å². The number of benzene rings is 2. The van der Waals surface area contributed by atoms with E-state index >= 15 is 0 Å². The normalized spacial score (nSPS) is 15.1. The van der Waals surface area contributed by atoms with E-state index in [2.05, 4.69) is 0 Å². The van der Waals surface area contributed by atoms with Gasteiger partial charge in [0.15, 0.2) is 11.6 Å². The van der Waals surface area contributed by atoms with E-state index in [4.69, 9.17) is 5.11 Å². The zero-order valence-corrected chi connectivity index (χ0v) is 18.3. The molecule has 2 aromatic carbocycles. The molecule has 1 aliphatic rings. The van der Waals surface area contributed by atoms with Gasteiger partial charge in [-0.3, -0.25) is 9.59 Å². The zero-order chi connectivity index (χ0) is 22.5. The summed E-state index contributed by atoms with van der Waals surface area (Å²) in [4.78, 5) is 25.9. The Bertz CT molecular complexity index is 998. The summed E-state index contributed by atoms with van der Waals surface area (Å²) in [5, 5.41) is 9.03. The van der Waals surface area contributed by atoms with Crippen LogP contribution in [0.4, 0.5) is 8.78 Å². The molecule has 3 rings (SSSR count). The number of carboxylic acid groups (broad SMARTS) is 1. The predicted octanol–water partition coefficient (Wildman–Crippen LogP) is 5.58. The molecule has 0 aromatic heterocycles. The summed E-state index contributed by atoms with van der Waals surface area (Å²) in [6, 6.07) is 10.6. The van der Waals surface area contributed by atoms with Crippen LogP contribution in [0.3, 0.4) is 0 Å². The molecule has 0 radical (unpaired) electrons. The Balaban J connectivity index is 1.71. The molecule has 31 heavy (non-hydrogen) atoms. The molecule has 1 fully saturated rings. The van der Waals surface area contributed by atoms with Gasteiger partial charge in [-0.2, -0.15) is 0 Å². The molecule has 0 aliphatic carbocycles. The highest BCUT2D eigenvalue weighted by Crippen LogP contribution is 2.36. The second kappa shape index (κ2) is 10.1. The molecule has 7 heteroatoms. The first-order valence-electron chi connectivity index (χ1n) is 10.2. The quantitative estimate of drug-likeness (QED) is 0.590. The van der Waals surface area contributed by atoms with Crippen molar-refractivity contribution in [2.24, 2.45) is 5.92 Å². The van der Waals surface area contributed by atoms with E-state index in [1.807, 2.05) is 38.1 Å². The van der Waals surface area contributed by atoms with E-state index in [9.17, 15) is 18.4 Å². The maximum absolute atomic E-state index is 14.7. The molecule has 164 valence electrons. The van der Waals surface area contributed by atoms with E-state index in [1.165, 1.54) is 40.9 Å². The van der Waals surface area contributed by atoms with Crippen molar-refractivity contribution in [2.75, 3.05) is 13.1 Å². The predicted molar refractivity (Wildman–Crippen MR) is 117 cm³/mol. The van der Waals surface area contributed by atoms with Gasteiger partial charge in [0.05, 0.1) is 10.8 Å². The van der Waals surface area contributed by atoms with Gasteiger partial charge in [0, 0.05) is 29.6 Å². The summed E-state index contributed by atoms with van der Waals surface area (Å²) in [6.45, 7) is 4.76. The molecule has 0 bridgehead atoms. The molecule has 1 amide bonds. The molecular formula is C24H25F2NO3S. The SMILES string of the molecule is CC(C)c1ccccc1Sc1ccc(/C=C/C(=O)N2CCC(C(=O)O)CC2)c(F)c1F. The average molecular weight is 446 g/mol. The number of amides is 1. The third kappa shape index (κ3) is 5.53. The first kappa shape index (κ1) is 23.0. The van der Waals surface area contributed by atoms with Gasteiger partial charge >= 0.3 is 5.97 Å². The smallest absolute Gasteiger partial charge is 0.306 e. The second-order valence-corrected chi connectivity index (χ2v) is 8.93. The fourth-order valence-corrected chi connectivity index (χ4v) is 4.66. The number of carbonyl (C=O) groups excluding carboxylic acids is 1. The monoisotopic (exact) mass is 445 g/mol. The Morgan fingerprint density at radius 2 is 1.74 bits per heavy atom. The van der Waals surface area contributed by atoms with Crippen LogP contribution >= 0.6 is 11.8 Å². The Labute approximate surface area is 185 Å². The molecular weight excluding hydrogens is 420 g/mol. The minimum absolute atomic E-state index is 0.00670. The molecule has 0 atom stereocenters. The highest BCUT2D eigenvalue weighted by atomic mass is 32.2. The number of likely N-dealkylation sites (tertiary alicyclic amines) is 1. The lowest BCUT2D eigenvalue weighted by Gasteiger charge is -2.29. The zero-order valence-electron chi connectivity index (χ0n) is 17.5. The van der Waals surface area contributed by atoms with Gasteiger partial charge in [-0.15, -0.1) is 0 Å². The van der Waals surface area contributed by atoms with Crippen molar-refractivity contribution in [3.8, 4) is 0 Å². The van der Waals surface area contributed by atoms with Gasteiger partial charge in [-0.05, 0) is 42.5 Å². The first-order chi connectivity index (χ1) is 14.8. The van der Waals surface area contributed by atoms with Crippen LogP contribution in [0, 0.1) is 17.6 Å². The number of carbonyl (C=O) groups is 2. The van der Waals surface area contributed by atoms with Gasteiger partial charge in [-0.25, -0.2) is 8.78 Å². The van der Waals surface area contributed by atoms with Crippen LogP contribution in [0.25, 0.3) is 6.08 Å². The second-order valence-electron chi connectivity index (χ2n) is 7.85. The summed E-state index contributed by atoms with van der Waals surface area (Å²) in [6.07, 6.45) is 3.25. The van der Waals surface area contributed by atoms with Crippen LogP contribution in [0.15, 0.2) is 52.3 Å². The van der Waals surface area contributed by atoms with Crippen molar-refractivity contribution in [2.45, 2.75) is 42.4 Å². The average Bonchev–Trinajstić information content (AvgIpc) is 2.76. The standard InChI is InChI=1S/C24H25F2NO3S/c1-15(2)18-5-3-4-6-19(18)31-20-9-7-16(22(25)23(20)26)8-10-21(28)27-13-11-17(12-14-27)24(29)30/h3-10,15,17H,11-14H2,1-2H3,(H,29,30)/b10-8+. The number of rotatable bonds is 6. The summed E-state index contributed by atoms with van der Waals surface area (Å²) in [7, 11) is 0. The minimum atomic E-state index is -0.999. The molecule has 2 aromatic rings. The molecule has 1 heterocycles. The third-order valence-electron chi connectivity index (χ3n) is 5.40. The van der Waals surface area contributed by atoms with Gasteiger partial charge < -0.3 is 10.0 Å². The first-order valence-corrected chi connectivity index (χ1v) is 11.0. The van der Waals surface area contributed by atoms with Crippen molar-refractivity contribution >= 4 is 29.7 Å². The summed E-state index contributed by atoms with van der Waals surface area (Å²) in [5.41, 5.74) is 1.06. The van der Waals surface area contributed by atoms with Crippen LogP contribution < -0.4 is 0 Å². The highest BCUT2D eigenvalue weighted by Gasteiger charge is 2.26. The summed E-state index contributed by atoms with van der Waals surface area (Å²) < 4.78 is 29.3. The number of aliphatic carboxylic acids is 1. The number of carboxylic acids is 1. The third-order valence-corrected chi connectivity index (χ3v) is 6.53. The lowest BCUT2D eigenvalue weighted by molar-refractivity contribution is -0.144. The van der Waals surface area contributed by atoms with E-state index in [0.29, 0.717) is 25.9 Å². The molecule has 0 saturated carbocycles. The Morgan fingerprint density at radius 1 is 1.06 bits per heavy atom. The fraction of sp³-hybridized carbons (Fsp3) is 0.333. The van der Waals surface area contributed by atoms with Crippen molar-refractivity contribution in [3.63, 3.8) is 0 Å². The van der Waals surface area contributed by atoms with Gasteiger partial charge in [0.1, 0.15) is 0 Å². The maximum Gasteiger partial charge on any atom is 0.306 e. The van der Waals surface area contributed by atoms with Crippen molar-refractivity contribution in [1.29, 1.82) is 0 Å². The molecule has 1 aliphatic heterocycles. The van der Waals surface area contributed by atoms with Crippen LogP contribution in [0.5, 0.6) is 0 Å². The van der Waals surface area contributed by atoms with Crippen LogP contribution in [0.1, 0.15) is 43.7 Å². The maximum atomic E-state index is 14.7. The molecule has 4 nitrogen and oxygen atoms in total. The topological polar surface area (TPSA) is 57.6 Å². The van der Waals surface area contributed by atoms with E-state index < -0.39 is 23.5 Å². The number of nitrogens with zero attached hydrogens (tertiary/aromatic N) is 1. The number of halogens is 2. The van der Waals surface area contributed by atoms with Crippen molar-refractivity contribution in [1.82, 2.24) is 4.90 Å². The highest BCUT2D eigenvalue weighted by molar-refractivity contribution is 7.99. The van der Waals surface area contributed by atoms with Crippen molar-refractivity contribution < 1.29 is 23.5 Å². The lowest BCUT2D eigenvalue weighted by atomic mass is 9.97. The number of piperidine rings is 1. The summed E-state index contributed by atoms with van der Waals surface area (Å²) >= 11 is 1.18.